The van der Waals surface area contributed by atoms with Gasteiger partial charge in [0.15, 0.2) is 0 Å². The van der Waals surface area contributed by atoms with E-state index in [4.69, 9.17) is 10.8 Å². The van der Waals surface area contributed by atoms with Gasteiger partial charge in [-0.1, -0.05) is 0 Å². The highest BCUT2D eigenvalue weighted by Crippen LogP contribution is 2.28. The summed E-state index contributed by atoms with van der Waals surface area (Å²) in [6.45, 7) is -0.00865. The summed E-state index contributed by atoms with van der Waals surface area (Å²) in [5, 5.41) is 9.03. The molecular formula is C10H14N2OS. The normalized spacial score (nSPS) is 17.6. The largest absolute Gasteiger partial charge is 0.394 e. The lowest BCUT2D eigenvalue weighted by Crippen LogP contribution is -2.19. The van der Waals surface area contributed by atoms with E-state index in [1.54, 1.807) is 6.20 Å². The minimum absolute atomic E-state index is 0.00865. The van der Waals surface area contributed by atoms with Crippen LogP contribution in [0.4, 0.5) is 0 Å². The Hall–Kier alpha value is -0.580. The average Bonchev–Trinajstić information content (AvgIpc) is 2.27. The second kappa shape index (κ2) is 4.29. The van der Waals surface area contributed by atoms with E-state index in [0.717, 1.165) is 23.5 Å². The Morgan fingerprint density at radius 1 is 1.57 bits per heavy atom. The number of pyridine rings is 1. The molecule has 1 aromatic rings. The summed E-state index contributed by atoms with van der Waals surface area (Å²) in [6, 6.07) is -0.277. The molecule has 1 unspecified atom stereocenters. The van der Waals surface area contributed by atoms with Gasteiger partial charge >= 0.3 is 0 Å². The Labute approximate surface area is 87.7 Å². The van der Waals surface area contributed by atoms with Crippen LogP contribution < -0.4 is 5.73 Å². The Kier molecular flexibility index (Phi) is 3.05. The number of aromatic nitrogens is 1. The molecule has 0 fully saturated rings. The van der Waals surface area contributed by atoms with Crippen LogP contribution in [0.2, 0.25) is 0 Å². The van der Waals surface area contributed by atoms with E-state index in [1.807, 2.05) is 18.0 Å². The number of aliphatic hydroxyl groups excluding tert-OH is 1. The van der Waals surface area contributed by atoms with Gasteiger partial charge in [0.25, 0.3) is 0 Å². The molecule has 3 N–H and O–H groups in total. The van der Waals surface area contributed by atoms with E-state index in [-0.39, 0.29) is 12.6 Å². The molecule has 0 saturated heterocycles. The van der Waals surface area contributed by atoms with Gasteiger partial charge in [0, 0.05) is 18.1 Å². The van der Waals surface area contributed by atoms with Crippen molar-refractivity contribution in [1.82, 2.24) is 4.98 Å². The monoisotopic (exact) mass is 210 g/mol. The van der Waals surface area contributed by atoms with Crippen molar-refractivity contribution in [1.29, 1.82) is 0 Å². The summed E-state index contributed by atoms with van der Waals surface area (Å²) in [5.41, 5.74) is 9.43. The Bertz CT molecular complexity index is 330. The quantitative estimate of drug-likeness (QED) is 0.760. The van der Waals surface area contributed by atoms with E-state index in [0.29, 0.717) is 0 Å². The maximum absolute atomic E-state index is 9.03. The number of nitrogens with two attached hydrogens (primary N) is 1. The number of fused-ring (bicyclic) bond motifs is 1. The zero-order chi connectivity index (χ0) is 9.97. The standard InChI is InChI=1S/C10H14N2OS/c11-10(5-13)9-4-12-3-7-6-14-2-1-8(7)9/h3-4,10,13H,1-2,5-6,11H2. The number of nitrogens with zero attached hydrogens (tertiary/aromatic N) is 1. The molecule has 14 heavy (non-hydrogen) atoms. The summed E-state index contributed by atoms with van der Waals surface area (Å²) in [7, 11) is 0. The Balaban J connectivity index is 2.39. The molecular weight excluding hydrogens is 196 g/mol. The smallest absolute Gasteiger partial charge is 0.0625 e. The molecule has 0 bridgehead atoms. The lowest BCUT2D eigenvalue weighted by atomic mass is 9.98. The molecule has 4 heteroatoms. The lowest BCUT2D eigenvalue weighted by molar-refractivity contribution is 0.267. The van der Waals surface area contributed by atoms with Gasteiger partial charge in [-0.2, -0.15) is 11.8 Å². The lowest BCUT2D eigenvalue weighted by Gasteiger charge is -2.20. The van der Waals surface area contributed by atoms with Gasteiger partial charge in [-0.05, 0) is 28.9 Å². The van der Waals surface area contributed by atoms with Crippen LogP contribution in [0, 0.1) is 0 Å². The first kappa shape index (κ1) is 9.96. The number of thioether (sulfide) groups is 1. The molecule has 2 rings (SSSR count). The van der Waals surface area contributed by atoms with Crippen LogP contribution >= 0.6 is 11.8 Å². The van der Waals surface area contributed by atoms with E-state index < -0.39 is 0 Å². The maximum atomic E-state index is 9.03. The van der Waals surface area contributed by atoms with E-state index >= 15 is 0 Å². The van der Waals surface area contributed by atoms with Crippen LogP contribution in [0.25, 0.3) is 0 Å². The van der Waals surface area contributed by atoms with Crippen molar-refractivity contribution in [2.45, 2.75) is 18.2 Å². The van der Waals surface area contributed by atoms with Crippen LogP contribution in [0.3, 0.4) is 0 Å². The summed E-state index contributed by atoms with van der Waals surface area (Å²) in [5.74, 6) is 2.16. The maximum Gasteiger partial charge on any atom is 0.0625 e. The highest BCUT2D eigenvalue weighted by Gasteiger charge is 2.17. The molecule has 0 aliphatic carbocycles. The Morgan fingerprint density at radius 2 is 2.43 bits per heavy atom. The highest BCUT2D eigenvalue weighted by molar-refractivity contribution is 7.98. The third kappa shape index (κ3) is 1.78. The molecule has 0 saturated carbocycles. The third-order valence-corrected chi connectivity index (χ3v) is 3.54. The van der Waals surface area contributed by atoms with Crippen molar-refractivity contribution in [2.24, 2.45) is 5.73 Å². The highest BCUT2D eigenvalue weighted by atomic mass is 32.2. The van der Waals surface area contributed by atoms with Gasteiger partial charge in [0.05, 0.1) is 12.6 Å². The van der Waals surface area contributed by atoms with Crippen molar-refractivity contribution in [2.75, 3.05) is 12.4 Å². The van der Waals surface area contributed by atoms with E-state index in [9.17, 15) is 0 Å². The van der Waals surface area contributed by atoms with E-state index in [2.05, 4.69) is 4.98 Å². The molecule has 1 aromatic heterocycles. The molecule has 1 aliphatic heterocycles. The predicted molar refractivity (Wildman–Crippen MR) is 58.1 cm³/mol. The van der Waals surface area contributed by atoms with Gasteiger partial charge in [-0.25, -0.2) is 0 Å². The minimum atomic E-state index is -0.277. The topological polar surface area (TPSA) is 59.1 Å². The molecule has 1 aliphatic rings. The Morgan fingerprint density at radius 3 is 3.21 bits per heavy atom. The average molecular weight is 210 g/mol. The SMILES string of the molecule is NC(CO)c1cncc2c1CCSC2. The minimum Gasteiger partial charge on any atom is -0.394 e. The van der Waals surface area contributed by atoms with Gasteiger partial charge in [-0.3, -0.25) is 4.98 Å². The third-order valence-electron chi connectivity index (χ3n) is 2.53. The number of hydrogen-bond donors (Lipinski definition) is 2. The van der Waals surface area contributed by atoms with Crippen LogP contribution in [0.1, 0.15) is 22.7 Å². The molecule has 1 atom stereocenters. The molecule has 0 aromatic carbocycles. The fraction of sp³-hybridized carbons (Fsp3) is 0.500. The molecule has 76 valence electrons. The number of hydrogen-bond acceptors (Lipinski definition) is 4. The van der Waals surface area contributed by atoms with Crippen molar-refractivity contribution < 1.29 is 5.11 Å². The van der Waals surface area contributed by atoms with Crippen LogP contribution in [-0.4, -0.2) is 22.5 Å². The summed E-state index contributed by atoms with van der Waals surface area (Å²) >= 11 is 1.92. The van der Waals surface area contributed by atoms with Crippen molar-refractivity contribution in [3.8, 4) is 0 Å². The van der Waals surface area contributed by atoms with Gasteiger partial charge in [-0.15, -0.1) is 0 Å². The summed E-state index contributed by atoms with van der Waals surface area (Å²) in [6.07, 6.45) is 4.75. The summed E-state index contributed by atoms with van der Waals surface area (Å²) < 4.78 is 0. The van der Waals surface area contributed by atoms with E-state index in [1.165, 1.54) is 11.1 Å². The molecule has 0 radical (unpaired) electrons. The van der Waals surface area contributed by atoms with Crippen LogP contribution in [0.15, 0.2) is 12.4 Å². The molecule has 2 heterocycles. The van der Waals surface area contributed by atoms with Gasteiger partial charge in [0.2, 0.25) is 0 Å². The van der Waals surface area contributed by atoms with Crippen molar-refractivity contribution in [3.63, 3.8) is 0 Å². The fourth-order valence-electron chi connectivity index (χ4n) is 1.75. The predicted octanol–water partition coefficient (Wildman–Crippen LogP) is 0.863. The van der Waals surface area contributed by atoms with Crippen LogP contribution in [0.5, 0.6) is 0 Å². The van der Waals surface area contributed by atoms with Gasteiger partial charge < -0.3 is 10.8 Å². The first-order valence-corrected chi connectivity index (χ1v) is 5.88. The van der Waals surface area contributed by atoms with Gasteiger partial charge in [0.1, 0.15) is 0 Å². The number of aliphatic hydroxyl groups is 1. The zero-order valence-electron chi connectivity index (χ0n) is 7.94. The number of rotatable bonds is 2. The molecule has 3 nitrogen and oxygen atoms in total. The molecule has 0 amide bonds. The summed E-state index contributed by atoms with van der Waals surface area (Å²) in [4.78, 5) is 4.16. The first-order chi connectivity index (χ1) is 6.83. The second-order valence-electron chi connectivity index (χ2n) is 3.46. The van der Waals surface area contributed by atoms with Crippen molar-refractivity contribution in [3.05, 3.63) is 29.1 Å². The van der Waals surface area contributed by atoms with Crippen LogP contribution in [-0.2, 0) is 12.2 Å². The van der Waals surface area contributed by atoms with Crippen molar-refractivity contribution >= 4 is 11.8 Å². The molecule has 0 spiro atoms. The first-order valence-electron chi connectivity index (χ1n) is 4.72. The zero-order valence-corrected chi connectivity index (χ0v) is 8.76. The fourth-order valence-corrected chi connectivity index (χ4v) is 2.71. The second-order valence-corrected chi connectivity index (χ2v) is 4.56.